The summed E-state index contributed by atoms with van der Waals surface area (Å²) in [5, 5.41) is 3.62. The Bertz CT molecular complexity index is 1760. The molecule has 4 aromatic carbocycles. The standard InChI is InChI=1S/C37H40ClN3O5S/c1-27-9-8-12-29(23-27)25-40(35(24-28-10-4-3-5-11-28)37(43)39-31-13-6-7-14-31)36(42)26-41(32-17-15-30(38)16-18-32)47(44,45)34-21-19-33(46-2)20-22-34/h3-5,8-12,15-23,31,35H,6-7,13-14,24-26H2,1-2H3,(H,39,43)/t35-/m1/s1. The van der Waals surface area contributed by atoms with E-state index < -0.39 is 28.5 Å². The van der Waals surface area contributed by atoms with Crippen LogP contribution in [0.1, 0.15) is 42.4 Å². The lowest BCUT2D eigenvalue weighted by atomic mass is 10.0. The number of sulfonamides is 1. The lowest BCUT2D eigenvalue weighted by Crippen LogP contribution is -2.54. The molecule has 1 aliphatic carbocycles. The quantitative estimate of drug-likeness (QED) is 0.174. The predicted octanol–water partition coefficient (Wildman–Crippen LogP) is 6.55. The summed E-state index contributed by atoms with van der Waals surface area (Å²) in [6.07, 6.45) is 4.13. The normalized spacial score (nSPS) is 13.9. The highest BCUT2D eigenvalue weighted by Gasteiger charge is 2.35. The van der Waals surface area contributed by atoms with Gasteiger partial charge in [-0.1, -0.05) is 84.6 Å². The molecule has 246 valence electrons. The van der Waals surface area contributed by atoms with E-state index in [0.717, 1.165) is 46.7 Å². The second kappa shape index (κ2) is 15.5. The molecule has 10 heteroatoms. The Morgan fingerprint density at radius 3 is 2.19 bits per heavy atom. The summed E-state index contributed by atoms with van der Waals surface area (Å²) in [5.74, 6) is -0.265. The first-order chi connectivity index (χ1) is 22.6. The van der Waals surface area contributed by atoms with Gasteiger partial charge in [0.1, 0.15) is 18.3 Å². The number of halogens is 1. The van der Waals surface area contributed by atoms with Gasteiger partial charge in [-0.15, -0.1) is 0 Å². The maximum atomic E-state index is 14.6. The van der Waals surface area contributed by atoms with Gasteiger partial charge in [-0.05, 0) is 79.4 Å². The Hall–Kier alpha value is -4.34. The number of nitrogens with zero attached hydrogens (tertiary/aromatic N) is 2. The van der Waals surface area contributed by atoms with Crippen LogP contribution in [-0.4, -0.2) is 50.9 Å². The maximum absolute atomic E-state index is 14.6. The molecule has 0 radical (unpaired) electrons. The fourth-order valence-electron chi connectivity index (χ4n) is 5.94. The second-order valence-corrected chi connectivity index (χ2v) is 14.2. The van der Waals surface area contributed by atoms with E-state index in [2.05, 4.69) is 5.32 Å². The molecule has 8 nitrogen and oxygen atoms in total. The highest BCUT2D eigenvalue weighted by atomic mass is 35.5. The van der Waals surface area contributed by atoms with E-state index >= 15 is 0 Å². The number of hydrogen-bond acceptors (Lipinski definition) is 5. The molecule has 0 bridgehead atoms. The molecule has 2 amide bonds. The fraction of sp³-hybridized carbons (Fsp3) is 0.297. The van der Waals surface area contributed by atoms with Crippen molar-refractivity contribution in [2.24, 2.45) is 0 Å². The van der Waals surface area contributed by atoms with Crippen LogP contribution in [0.15, 0.2) is 108 Å². The first kappa shape index (κ1) is 34.0. The molecule has 0 aromatic heterocycles. The van der Waals surface area contributed by atoms with E-state index in [0.29, 0.717) is 10.8 Å². The van der Waals surface area contributed by atoms with Gasteiger partial charge < -0.3 is 15.0 Å². The van der Waals surface area contributed by atoms with E-state index in [1.54, 1.807) is 36.4 Å². The minimum absolute atomic E-state index is 0.00824. The highest BCUT2D eigenvalue weighted by Crippen LogP contribution is 2.28. The van der Waals surface area contributed by atoms with E-state index in [9.17, 15) is 18.0 Å². The van der Waals surface area contributed by atoms with Gasteiger partial charge >= 0.3 is 0 Å². The molecule has 1 N–H and O–H groups in total. The van der Waals surface area contributed by atoms with Crippen LogP contribution < -0.4 is 14.4 Å². The summed E-state index contributed by atoms with van der Waals surface area (Å²) in [7, 11) is -2.74. The Morgan fingerprint density at radius 1 is 0.894 bits per heavy atom. The number of amides is 2. The van der Waals surface area contributed by atoms with Crippen LogP contribution >= 0.6 is 11.6 Å². The second-order valence-electron chi connectivity index (χ2n) is 11.9. The molecular weight excluding hydrogens is 634 g/mol. The number of carbonyl (C=O) groups excluding carboxylic acids is 2. The summed E-state index contributed by atoms with van der Waals surface area (Å²) in [4.78, 5) is 30.3. The van der Waals surface area contributed by atoms with E-state index in [4.69, 9.17) is 16.3 Å². The van der Waals surface area contributed by atoms with Gasteiger partial charge in [-0.2, -0.15) is 0 Å². The van der Waals surface area contributed by atoms with Gasteiger partial charge in [0.15, 0.2) is 0 Å². The van der Waals surface area contributed by atoms with Crippen LogP contribution in [0.5, 0.6) is 5.75 Å². The first-order valence-electron chi connectivity index (χ1n) is 15.8. The topological polar surface area (TPSA) is 96.0 Å². The largest absolute Gasteiger partial charge is 0.497 e. The zero-order chi connectivity index (χ0) is 33.4. The van der Waals surface area contributed by atoms with Gasteiger partial charge in [0.2, 0.25) is 11.8 Å². The van der Waals surface area contributed by atoms with E-state index in [1.807, 2.05) is 61.5 Å². The molecular formula is C37H40ClN3O5S. The van der Waals surface area contributed by atoms with Crippen molar-refractivity contribution in [2.75, 3.05) is 18.0 Å². The number of benzene rings is 4. The third-order valence-corrected chi connectivity index (χ3v) is 10.5. The Balaban J connectivity index is 1.56. The van der Waals surface area contributed by atoms with Gasteiger partial charge in [-0.25, -0.2) is 8.42 Å². The highest BCUT2D eigenvalue weighted by molar-refractivity contribution is 7.92. The smallest absolute Gasteiger partial charge is 0.264 e. The molecule has 4 aromatic rings. The van der Waals surface area contributed by atoms with E-state index in [-0.39, 0.29) is 35.5 Å². The molecule has 0 heterocycles. The minimum Gasteiger partial charge on any atom is -0.497 e. The molecule has 1 atom stereocenters. The van der Waals surface area contributed by atoms with E-state index in [1.165, 1.54) is 24.1 Å². The number of rotatable bonds is 13. The monoisotopic (exact) mass is 673 g/mol. The SMILES string of the molecule is COc1ccc(S(=O)(=O)N(CC(=O)N(Cc2cccc(C)c2)[C@H](Cc2ccccc2)C(=O)NC2CCCC2)c2ccc(Cl)cc2)cc1. The first-order valence-corrected chi connectivity index (χ1v) is 17.6. The summed E-state index contributed by atoms with van der Waals surface area (Å²) < 4.78 is 34.7. The molecule has 47 heavy (non-hydrogen) atoms. The van der Waals surface area contributed by atoms with Gasteiger partial charge in [-0.3, -0.25) is 13.9 Å². The zero-order valence-corrected chi connectivity index (χ0v) is 28.2. The van der Waals surface area contributed by atoms with Crippen LogP contribution in [-0.2, 0) is 32.6 Å². The number of nitrogens with one attached hydrogen (secondary N) is 1. The third kappa shape index (κ3) is 8.73. The van der Waals surface area contributed by atoms with Crippen LogP contribution in [0, 0.1) is 6.92 Å². The molecule has 0 aliphatic heterocycles. The van der Waals surface area contributed by atoms with Crippen molar-refractivity contribution in [3.05, 3.63) is 125 Å². The number of carbonyl (C=O) groups is 2. The summed E-state index contributed by atoms with van der Waals surface area (Å²) >= 11 is 6.16. The molecule has 1 aliphatic rings. The number of methoxy groups -OCH3 is 1. The maximum Gasteiger partial charge on any atom is 0.264 e. The van der Waals surface area contributed by atoms with Gasteiger partial charge in [0, 0.05) is 24.0 Å². The van der Waals surface area contributed by atoms with Crippen LogP contribution in [0.4, 0.5) is 5.69 Å². The predicted molar refractivity (Wildman–Crippen MR) is 185 cm³/mol. The average Bonchev–Trinajstić information content (AvgIpc) is 3.59. The van der Waals surface area contributed by atoms with Gasteiger partial charge in [0.05, 0.1) is 17.7 Å². The van der Waals surface area contributed by atoms with Crippen LogP contribution in [0.25, 0.3) is 0 Å². The van der Waals surface area contributed by atoms with Gasteiger partial charge in [0.25, 0.3) is 10.0 Å². The molecule has 0 saturated heterocycles. The fourth-order valence-corrected chi connectivity index (χ4v) is 7.48. The summed E-state index contributed by atoms with van der Waals surface area (Å²) in [6, 6.07) is 28.8. The van der Waals surface area contributed by atoms with Crippen LogP contribution in [0.3, 0.4) is 0 Å². The number of anilines is 1. The Morgan fingerprint density at radius 2 is 1.55 bits per heavy atom. The van der Waals surface area contributed by atoms with Crippen LogP contribution in [0.2, 0.25) is 5.02 Å². The van der Waals surface area contributed by atoms with Crippen molar-refractivity contribution >= 4 is 39.1 Å². The van der Waals surface area contributed by atoms with Crippen molar-refractivity contribution in [3.8, 4) is 5.75 Å². The molecule has 0 unspecified atom stereocenters. The number of aryl methyl sites for hydroxylation is 1. The lowest BCUT2D eigenvalue weighted by Gasteiger charge is -2.34. The molecule has 1 saturated carbocycles. The summed E-state index contributed by atoms with van der Waals surface area (Å²) in [6.45, 7) is 1.55. The third-order valence-electron chi connectivity index (χ3n) is 8.45. The average molecular weight is 674 g/mol. The molecule has 5 rings (SSSR count). The lowest BCUT2D eigenvalue weighted by molar-refractivity contribution is -0.140. The number of ether oxygens (including phenoxy) is 1. The van der Waals surface area contributed by atoms with Crippen molar-refractivity contribution in [3.63, 3.8) is 0 Å². The Kier molecular flexibility index (Phi) is 11.2. The van der Waals surface area contributed by atoms with Crippen molar-refractivity contribution in [1.29, 1.82) is 0 Å². The van der Waals surface area contributed by atoms with Crippen molar-refractivity contribution in [2.45, 2.75) is 62.6 Å². The summed E-state index contributed by atoms with van der Waals surface area (Å²) in [5.41, 5.74) is 3.00. The number of hydrogen-bond donors (Lipinski definition) is 1. The molecule has 0 spiro atoms. The Labute approximate surface area is 282 Å². The van der Waals surface area contributed by atoms with Crippen molar-refractivity contribution < 1.29 is 22.7 Å². The zero-order valence-electron chi connectivity index (χ0n) is 26.6. The minimum atomic E-state index is -4.24. The van der Waals surface area contributed by atoms with Crippen molar-refractivity contribution in [1.82, 2.24) is 10.2 Å². The molecule has 1 fully saturated rings.